The van der Waals surface area contributed by atoms with Crippen molar-refractivity contribution in [2.45, 2.75) is 47.5 Å². The van der Waals surface area contributed by atoms with E-state index in [0.29, 0.717) is 24.7 Å². The Balaban J connectivity index is 0.00000101. The minimum absolute atomic E-state index is 0.479. The van der Waals surface area contributed by atoms with Crippen molar-refractivity contribution in [1.29, 1.82) is 0 Å². The molecule has 5 rings (SSSR count). The number of rotatable bonds is 13. The number of anilines is 1. The van der Waals surface area contributed by atoms with Crippen molar-refractivity contribution >= 4 is 52.2 Å². The van der Waals surface area contributed by atoms with Gasteiger partial charge in [-0.3, -0.25) is 14.3 Å². The molecular formula is C39H48ClN5O4. The van der Waals surface area contributed by atoms with E-state index in [0.717, 1.165) is 76.8 Å². The lowest BCUT2D eigenvalue weighted by Crippen LogP contribution is -2.21. The third-order valence-electron chi connectivity index (χ3n) is 7.77. The molecule has 0 atom stereocenters. The fourth-order valence-electron chi connectivity index (χ4n) is 5.66. The van der Waals surface area contributed by atoms with Gasteiger partial charge in [-0.1, -0.05) is 67.9 Å². The van der Waals surface area contributed by atoms with Gasteiger partial charge in [0.2, 0.25) is 6.41 Å². The molecule has 49 heavy (non-hydrogen) atoms. The number of nitrogens with one attached hydrogen (secondary N) is 2. The maximum Gasteiger partial charge on any atom is 0.300 e. The first-order valence-corrected chi connectivity index (χ1v) is 16.9. The Morgan fingerprint density at radius 1 is 0.980 bits per heavy atom. The number of benzene rings is 3. The lowest BCUT2D eigenvalue weighted by molar-refractivity contribution is -0.134. The molecule has 2 aromatic heterocycles. The van der Waals surface area contributed by atoms with Crippen molar-refractivity contribution < 1.29 is 19.4 Å². The molecule has 10 heteroatoms. The molecule has 0 bridgehead atoms. The standard InChI is InChI=1S/C35H38ClN5O2.C2H4O2.C2H6/c1-24-33(25(2)41(4)39-24)34-31(36)17-16-30(35(34)38-19-18-37-23-42)26(11-10-20-43-28-12-6-5-7-13-28)21-27-22-40(3)32-15-9-8-14-29(27)32;1-2(3)4;1-2/h5-9,12-17,21-23,38H,10-11,18-20H2,1-4H3,(H,37,42);1H3,(H,3,4);1-2H3/b26-21+;;. The molecule has 3 aromatic carbocycles. The maximum absolute atomic E-state index is 11.0. The van der Waals surface area contributed by atoms with Crippen LogP contribution in [-0.4, -0.2) is 51.5 Å². The van der Waals surface area contributed by atoms with Crippen molar-refractivity contribution in [3.63, 3.8) is 0 Å². The third kappa shape index (κ3) is 10.2. The largest absolute Gasteiger partial charge is 0.494 e. The Bertz CT molecular complexity index is 1860. The number of carbonyl (C=O) groups excluding carboxylic acids is 1. The van der Waals surface area contributed by atoms with Crippen LogP contribution in [0.4, 0.5) is 5.69 Å². The van der Waals surface area contributed by atoms with Gasteiger partial charge in [-0.15, -0.1) is 0 Å². The first kappa shape index (κ1) is 38.4. The molecule has 0 aliphatic rings. The van der Waals surface area contributed by atoms with Crippen LogP contribution in [-0.2, 0) is 23.7 Å². The van der Waals surface area contributed by atoms with Gasteiger partial charge in [0.1, 0.15) is 5.75 Å². The molecule has 0 saturated carbocycles. The van der Waals surface area contributed by atoms with Crippen molar-refractivity contribution in [1.82, 2.24) is 19.7 Å². The minimum Gasteiger partial charge on any atom is -0.494 e. The number of carboxylic acid groups (broad SMARTS) is 1. The van der Waals surface area contributed by atoms with E-state index in [1.807, 2.05) is 68.9 Å². The van der Waals surface area contributed by atoms with Crippen LogP contribution >= 0.6 is 11.6 Å². The number of hydrogen-bond acceptors (Lipinski definition) is 5. The van der Waals surface area contributed by atoms with E-state index < -0.39 is 5.97 Å². The van der Waals surface area contributed by atoms with Gasteiger partial charge in [0.25, 0.3) is 5.97 Å². The number of aryl methyl sites for hydroxylation is 3. The predicted octanol–water partition coefficient (Wildman–Crippen LogP) is 8.52. The van der Waals surface area contributed by atoms with Gasteiger partial charge in [0.05, 0.1) is 23.0 Å². The van der Waals surface area contributed by atoms with Crippen molar-refractivity contribution in [3.8, 4) is 16.9 Å². The van der Waals surface area contributed by atoms with Crippen LogP contribution in [0.1, 0.15) is 56.1 Å². The molecule has 0 spiro atoms. The molecule has 5 aromatic rings. The number of amides is 1. The van der Waals surface area contributed by atoms with E-state index in [9.17, 15) is 4.79 Å². The van der Waals surface area contributed by atoms with Crippen LogP contribution in [0.3, 0.4) is 0 Å². The molecule has 0 radical (unpaired) electrons. The van der Waals surface area contributed by atoms with E-state index in [-0.39, 0.29) is 0 Å². The molecule has 0 fully saturated rings. The second kappa shape index (κ2) is 19.1. The number of para-hydroxylation sites is 2. The summed E-state index contributed by atoms with van der Waals surface area (Å²) in [7, 11) is 4.03. The highest BCUT2D eigenvalue weighted by atomic mass is 35.5. The van der Waals surface area contributed by atoms with Crippen molar-refractivity contribution in [2.24, 2.45) is 14.1 Å². The summed E-state index contributed by atoms with van der Waals surface area (Å²) in [5, 5.41) is 20.3. The number of hydrogen-bond donors (Lipinski definition) is 3. The average molecular weight is 686 g/mol. The van der Waals surface area contributed by atoms with Crippen LogP contribution in [0.15, 0.2) is 72.9 Å². The van der Waals surface area contributed by atoms with Crippen LogP contribution < -0.4 is 15.4 Å². The number of aromatic nitrogens is 3. The van der Waals surface area contributed by atoms with Crippen LogP contribution in [0.5, 0.6) is 5.75 Å². The summed E-state index contributed by atoms with van der Waals surface area (Å²) >= 11 is 6.98. The lowest BCUT2D eigenvalue weighted by atomic mass is 9.91. The molecule has 0 unspecified atom stereocenters. The summed E-state index contributed by atoms with van der Waals surface area (Å²) in [5.41, 5.74) is 9.33. The summed E-state index contributed by atoms with van der Waals surface area (Å²) in [6, 6.07) is 22.4. The zero-order valence-electron chi connectivity index (χ0n) is 29.5. The molecule has 1 amide bonds. The lowest BCUT2D eigenvalue weighted by Gasteiger charge is -2.21. The van der Waals surface area contributed by atoms with Gasteiger partial charge in [0.15, 0.2) is 0 Å². The smallest absolute Gasteiger partial charge is 0.300 e. The van der Waals surface area contributed by atoms with E-state index in [2.05, 4.69) is 76.9 Å². The molecule has 0 aliphatic carbocycles. The van der Waals surface area contributed by atoms with Crippen molar-refractivity contribution in [2.75, 3.05) is 25.0 Å². The van der Waals surface area contributed by atoms with Crippen LogP contribution in [0.25, 0.3) is 33.7 Å². The van der Waals surface area contributed by atoms with Crippen LogP contribution in [0, 0.1) is 13.8 Å². The number of carbonyl (C=O) groups is 2. The van der Waals surface area contributed by atoms with Gasteiger partial charge < -0.3 is 25.0 Å². The first-order valence-electron chi connectivity index (χ1n) is 16.5. The van der Waals surface area contributed by atoms with Gasteiger partial charge >= 0.3 is 0 Å². The molecule has 2 heterocycles. The summed E-state index contributed by atoms with van der Waals surface area (Å²) in [5.74, 6) is 0.0309. The highest BCUT2D eigenvalue weighted by molar-refractivity contribution is 6.34. The zero-order valence-corrected chi connectivity index (χ0v) is 30.3. The van der Waals surface area contributed by atoms with Gasteiger partial charge in [-0.05, 0) is 62.6 Å². The number of fused-ring (bicyclic) bond motifs is 1. The number of carboxylic acids is 1. The molecule has 3 N–H and O–H groups in total. The topological polar surface area (TPSA) is 110 Å². The minimum atomic E-state index is -0.833. The molecule has 260 valence electrons. The highest BCUT2D eigenvalue weighted by Gasteiger charge is 2.22. The summed E-state index contributed by atoms with van der Waals surface area (Å²) in [4.78, 5) is 20.0. The quantitative estimate of drug-likeness (QED) is 0.0847. The van der Waals surface area contributed by atoms with Crippen molar-refractivity contribution in [3.05, 3.63) is 100 Å². The van der Waals surface area contributed by atoms with Crippen LogP contribution in [0.2, 0.25) is 5.02 Å². The molecule has 0 aliphatic heterocycles. The Morgan fingerprint density at radius 2 is 1.65 bits per heavy atom. The number of halogens is 1. The van der Waals surface area contributed by atoms with E-state index in [1.165, 1.54) is 10.9 Å². The zero-order chi connectivity index (χ0) is 35.9. The summed E-state index contributed by atoms with van der Waals surface area (Å²) in [6.07, 6.45) is 6.79. The highest BCUT2D eigenvalue weighted by Crippen LogP contribution is 2.44. The van der Waals surface area contributed by atoms with E-state index >= 15 is 0 Å². The summed E-state index contributed by atoms with van der Waals surface area (Å²) < 4.78 is 10.1. The average Bonchev–Trinajstić information content (AvgIpc) is 3.54. The normalized spacial score (nSPS) is 10.8. The third-order valence-corrected chi connectivity index (χ3v) is 8.09. The number of aliphatic carboxylic acids is 1. The van der Waals surface area contributed by atoms with E-state index in [1.54, 1.807) is 0 Å². The molecule has 0 saturated heterocycles. The van der Waals surface area contributed by atoms with Gasteiger partial charge in [0, 0.05) is 79.2 Å². The second-order valence-electron chi connectivity index (χ2n) is 11.2. The SMILES string of the molecule is CC.CC(=O)O.Cc1nn(C)c(C)c1-c1c(Cl)ccc(/C(=C/c2cn(C)c3ccccc23)CCCOc2ccccc2)c1NCCNC=O. The summed E-state index contributed by atoms with van der Waals surface area (Å²) in [6.45, 7) is 10.8. The Labute approximate surface area is 294 Å². The van der Waals surface area contributed by atoms with E-state index in [4.69, 9.17) is 26.2 Å². The monoisotopic (exact) mass is 685 g/mol. The Kier molecular flexibility index (Phi) is 15.0. The Morgan fingerprint density at radius 3 is 2.31 bits per heavy atom. The fraction of sp³-hybridized carbons (Fsp3) is 0.308. The first-order chi connectivity index (χ1) is 23.6. The maximum atomic E-state index is 11.0. The molecular weight excluding hydrogens is 638 g/mol. The number of ether oxygens (including phenoxy) is 1. The fourth-order valence-corrected chi connectivity index (χ4v) is 5.91. The number of allylic oxidation sites excluding steroid dienone is 1. The second-order valence-corrected chi connectivity index (χ2v) is 11.6. The predicted molar refractivity (Wildman–Crippen MR) is 202 cm³/mol. The Hall–Kier alpha value is -5.02. The van der Waals surface area contributed by atoms with Gasteiger partial charge in [-0.25, -0.2) is 0 Å². The van der Waals surface area contributed by atoms with Gasteiger partial charge in [-0.2, -0.15) is 5.10 Å². The molecule has 9 nitrogen and oxygen atoms in total. The number of nitrogens with zero attached hydrogens (tertiary/aromatic N) is 3.